The maximum absolute atomic E-state index is 12.6. The standard InChI is InChI=1S/C18H18N2O9S.Na/c1-10(21)28-7-11-9-30(26,27)17-14(16(23)20(17)15(11)18(24)25)19-13(22)8-29-12-5-3-2-4-6-12;/h2-6,14,17H,7-9H2,1H3,(H,19,22)(H,24,25);/q;+1/p-1/t14-,17+;/m1./s1. The van der Waals surface area contributed by atoms with Crippen LogP contribution in [0, 0.1) is 0 Å². The van der Waals surface area contributed by atoms with Crippen molar-refractivity contribution in [3.05, 3.63) is 41.6 Å². The van der Waals surface area contributed by atoms with Crippen molar-refractivity contribution in [3.8, 4) is 5.75 Å². The molecule has 0 aliphatic carbocycles. The third-order valence-corrected chi connectivity index (χ3v) is 6.40. The zero-order chi connectivity index (χ0) is 22.1. The van der Waals surface area contributed by atoms with E-state index >= 15 is 0 Å². The van der Waals surface area contributed by atoms with Gasteiger partial charge in [0.1, 0.15) is 18.4 Å². The van der Waals surface area contributed by atoms with E-state index in [1.54, 1.807) is 30.3 Å². The summed E-state index contributed by atoms with van der Waals surface area (Å²) >= 11 is 0. The zero-order valence-corrected chi connectivity index (χ0v) is 19.5. The number of nitrogens with one attached hydrogen (secondary N) is 1. The average molecular weight is 460 g/mol. The number of β-lactam (4-membered cyclic amide) rings is 1. The van der Waals surface area contributed by atoms with Gasteiger partial charge in [-0.05, 0) is 12.1 Å². The molecule has 1 N–H and O–H groups in total. The van der Waals surface area contributed by atoms with Crippen LogP contribution in [0.3, 0.4) is 0 Å². The second-order valence-corrected chi connectivity index (χ2v) is 8.67. The minimum absolute atomic E-state index is 0. The van der Waals surface area contributed by atoms with Crippen molar-refractivity contribution < 1.29 is 71.7 Å². The van der Waals surface area contributed by atoms with Gasteiger partial charge in [0, 0.05) is 12.5 Å². The van der Waals surface area contributed by atoms with E-state index in [2.05, 4.69) is 10.1 Å². The van der Waals surface area contributed by atoms with Gasteiger partial charge in [0.05, 0.1) is 17.4 Å². The van der Waals surface area contributed by atoms with Crippen molar-refractivity contribution >= 4 is 33.6 Å². The molecule has 1 aromatic rings. The van der Waals surface area contributed by atoms with Gasteiger partial charge >= 0.3 is 35.5 Å². The van der Waals surface area contributed by atoms with Crippen LogP contribution in [-0.4, -0.2) is 67.5 Å². The number of carbonyl (C=O) groups excluding carboxylic acids is 4. The number of benzene rings is 1. The van der Waals surface area contributed by atoms with Gasteiger partial charge in [-0.3, -0.25) is 19.3 Å². The first kappa shape index (κ1) is 24.9. The van der Waals surface area contributed by atoms with Crippen LogP contribution in [0.5, 0.6) is 5.75 Å². The molecule has 0 aromatic heterocycles. The van der Waals surface area contributed by atoms with Crippen LogP contribution in [0.25, 0.3) is 0 Å². The molecule has 2 aliphatic rings. The molecule has 0 spiro atoms. The molecule has 1 aromatic carbocycles. The summed E-state index contributed by atoms with van der Waals surface area (Å²) < 4.78 is 35.2. The normalized spacial score (nSPS) is 21.2. The number of hydrogen-bond acceptors (Lipinski definition) is 9. The van der Waals surface area contributed by atoms with Crippen molar-refractivity contribution in [3.63, 3.8) is 0 Å². The summed E-state index contributed by atoms with van der Waals surface area (Å²) in [5.41, 5.74) is -0.959. The van der Waals surface area contributed by atoms with Crippen molar-refractivity contribution in [1.29, 1.82) is 0 Å². The molecular weight excluding hydrogens is 443 g/mol. The third-order valence-electron chi connectivity index (χ3n) is 4.43. The number of nitrogens with zero attached hydrogens (tertiary/aromatic N) is 1. The first-order valence-corrected chi connectivity index (χ1v) is 10.4. The van der Waals surface area contributed by atoms with Gasteiger partial charge in [0.15, 0.2) is 21.8 Å². The Morgan fingerprint density at radius 3 is 2.45 bits per heavy atom. The van der Waals surface area contributed by atoms with Crippen molar-refractivity contribution in [2.75, 3.05) is 19.0 Å². The fourth-order valence-electron chi connectivity index (χ4n) is 3.19. The number of rotatable bonds is 7. The number of carboxylic acids is 1. The van der Waals surface area contributed by atoms with Crippen LogP contribution in [0.2, 0.25) is 0 Å². The van der Waals surface area contributed by atoms with E-state index in [0.717, 1.165) is 6.92 Å². The molecule has 3 rings (SSSR count). The molecule has 2 atom stereocenters. The van der Waals surface area contributed by atoms with Crippen molar-refractivity contribution in [1.82, 2.24) is 10.2 Å². The molecule has 31 heavy (non-hydrogen) atoms. The Hall–Kier alpha value is -2.41. The number of carbonyl (C=O) groups is 4. The van der Waals surface area contributed by atoms with Crippen LogP contribution < -0.4 is 44.7 Å². The maximum Gasteiger partial charge on any atom is 1.00 e. The van der Waals surface area contributed by atoms with Gasteiger partial charge in [-0.2, -0.15) is 0 Å². The number of fused-ring (bicyclic) bond motifs is 1. The number of para-hydroxylation sites is 1. The number of amides is 2. The van der Waals surface area contributed by atoms with E-state index in [9.17, 15) is 32.7 Å². The summed E-state index contributed by atoms with van der Waals surface area (Å²) in [5, 5.41) is 12.2. The molecular formula is C18H17N2NaO9S. The van der Waals surface area contributed by atoms with Gasteiger partial charge in [0.25, 0.3) is 11.8 Å². The molecule has 160 valence electrons. The summed E-state index contributed by atoms with van der Waals surface area (Å²) in [6.45, 7) is -0.0188. The largest absolute Gasteiger partial charge is 1.00 e. The number of sulfone groups is 1. The Labute approximate surface area is 199 Å². The number of carboxylic acid groups (broad SMARTS) is 1. The first-order chi connectivity index (χ1) is 14.1. The summed E-state index contributed by atoms with van der Waals surface area (Å²) in [6, 6.07) is 6.88. The molecule has 1 fully saturated rings. The number of ether oxygens (including phenoxy) is 2. The van der Waals surface area contributed by atoms with Crippen LogP contribution in [0.15, 0.2) is 41.6 Å². The van der Waals surface area contributed by atoms with Gasteiger partial charge in [0.2, 0.25) is 0 Å². The second-order valence-electron chi connectivity index (χ2n) is 6.57. The van der Waals surface area contributed by atoms with E-state index < -0.39 is 69.7 Å². The van der Waals surface area contributed by atoms with Crippen LogP contribution in [0.4, 0.5) is 0 Å². The van der Waals surface area contributed by atoms with E-state index in [1.165, 1.54) is 0 Å². The maximum atomic E-state index is 12.6. The molecule has 13 heteroatoms. The van der Waals surface area contributed by atoms with E-state index in [-0.39, 0.29) is 35.1 Å². The van der Waals surface area contributed by atoms with Gasteiger partial charge in [-0.15, -0.1) is 0 Å². The zero-order valence-electron chi connectivity index (χ0n) is 16.7. The summed E-state index contributed by atoms with van der Waals surface area (Å²) in [4.78, 5) is 47.6. The first-order valence-electron chi connectivity index (χ1n) is 8.70. The van der Waals surface area contributed by atoms with Gasteiger partial charge in [-0.1, -0.05) is 18.2 Å². The topological polar surface area (TPSA) is 159 Å². The van der Waals surface area contributed by atoms with E-state index in [0.29, 0.717) is 10.6 Å². The Kier molecular flexibility index (Phi) is 7.87. The predicted octanol–water partition coefficient (Wildman–Crippen LogP) is -5.28. The molecule has 2 amide bonds. The minimum atomic E-state index is -4.07. The molecule has 0 radical (unpaired) electrons. The Bertz CT molecular complexity index is 1040. The second kappa shape index (κ2) is 9.81. The molecule has 1 saturated heterocycles. The summed E-state index contributed by atoms with van der Waals surface area (Å²) in [5.74, 6) is -4.59. The Morgan fingerprint density at radius 1 is 1.23 bits per heavy atom. The smallest absolute Gasteiger partial charge is 0.543 e. The van der Waals surface area contributed by atoms with E-state index in [1.807, 2.05) is 0 Å². The number of esters is 1. The molecule has 0 bridgehead atoms. The average Bonchev–Trinajstić information content (AvgIpc) is 2.68. The quantitative estimate of drug-likeness (QED) is 0.238. The monoisotopic (exact) mass is 460 g/mol. The molecule has 0 saturated carbocycles. The van der Waals surface area contributed by atoms with Crippen molar-refractivity contribution in [2.24, 2.45) is 0 Å². The molecule has 11 nitrogen and oxygen atoms in total. The SMILES string of the molecule is CC(=O)OCC1=C(C(=O)[O-])N2C(=O)[C@@H](NC(=O)COc3ccccc3)[C@@H]2S(=O)(=O)C1.[Na+]. The molecule has 2 aliphatic heterocycles. The summed E-state index contributed by atoms with van der Waals surface area (Å²) in [6.07, 6.45) is 0. The van der Waals surface area contributed by atoms with Gasteiger partial charge < -0.3 is 24.7 Å². The van der Waals surface area contributed by atoms with E-state index in [4.69, 9.17) is 4.74 Å². The summed E-state index contributed by atoms with van der Waals surface area (Å²) in [7, 11) is -4.07. The fourth-order valence-corrected chi connectivity index (χ4v) is 5.20. The van der Waals surface area contributed by atoms with Gasteiger partial charge in [-0.25, -0.2) is 8.42 Å². The number of aliphatic carboxylic acids is 1. The van der Waals surface area contributed by atoms with Crippen molar-refractivity contribution in [2.45, 2.75) is 18.3 Å². The number of hydrogen-bond donors (Lipinski definition) is 1. The molecule has 0 unspecified atom stereocenters. The fraction of sp³-hybridized carbons (Fsp3) is 0.333. The van der Waals surface area contributed by atoms with Crippen LogP contribution in [0.1, 0.15) is 6.92 Å². The Morgan fingerprint density at radius 2 is 1.87 bits per heavy atom. The van der Waals surface area contributed by atoms with Crippen LogP contribution >= 0.6 is 0 Å². The third kappa shape index (κ3) is 5.26. The Balaban J connectivity index is 0.00000341. The minimum Gasteiger partial charge on any atom is -0.543 e. The molecule has 2 heterocycles. The predicted molar refractivity (Wildman–Crippen MR) is 97.0 cm³/mol. The van der Waals surface area contributed by atoms with Crippen LogP contribution in [-0.2, 0) is 33.8 Å².